The van der Waals surface area contributed by atoms with Crippen LogP contribution in [0.3, 0.4) is 0 Å². The fraction of sp³-hybridized carbons (Fsp3) is 0. The second-order valence-corrected chi connectivity index (χ2v) is 3.57. The Hall–Kier alpha value is -0.668. The number of H-pyrrole nitrogens is 2. The van der Waals surface area contributed by atoms with E-state index in [-0.39, 0.29) is 26.1 Å². The summed E-state index contributed by atoms with van der Waals surface area (Å²) in [7, 11) is 0. The Morgan fingerprint density at radius 1 is 1.10 bits per heavy atom. The Bertz CT molecular complexity index is 364. The van der Waals surface area contributed by atoms with Crippen LogP contribution in [0.1, 0.15) is 0 Å². The van der Waals surface area contributed by atoms with Gasteiger partial charge in [-0.1, -0.05) is 0 Å². The number of rotatable bonds is 0. The van der Waals surface area contributed by atoms with Gasteiger partial charge in [0, 0.05) is 0 Å². The van der Waals surface area contributed by atoms with Crippen LogP contribution in [0.5, 0.6) is 0 Å². The molecule has 0 fully saturated rings. The monoisotopic (exact) mass is 333 g/mol. The van der Waals surface area contributed by atoms with E-state index in [2.05, 4.69) is 0 Å². The molecule has 0 atom stereocenters. The molecule has 1 rings (SSSR count). The molecule has 0 aliphatic heterocycles. The zero-order valence-corrected chi connectivity index (χ0v) is 9.24. The zero-order chi connectivity index (χ0) is 7.72. The zero-order valence-electron chi connectivity index (χ0n) is 4.75. The van der Waals surface area contributed by atoms with Crippen LogP contribution in [0, 0.1) is 0 Å². The molecule has 0 aliphatic carbocycles. The van der Waals surface area contributed by atoms with E-state index in [1.54, 1.807) is 0 Å². The molecule has 7 heteroatoms. The van der Waals surface area contributed by atoms with E-state index in [0.29, 0.717) is 0 Å². The summed E-state index contributed by atoms with van der Waals surface area (Å²) in [6.45, 7) is 0. The van der Waals surface area contributed by atoms with Crippen molar-refractivity contribution in [2.75, 3.05) is 0 Å². The van der Waals surface area contributed by atoms with Gasteiger partial charge in [0.05, 0.1) is 0 Å². The maximum atomic E-state index is 10.6. The molecule has 1 aromatic rings. The van der Waals surface area contributed by atoms with Gasteiger partial charge in [0.2, 0.25) is 0 Å². The molecule has 1 aromatic heterocycles. The minimum atomic E-state index is -0.757. The van der Waals surface area contributed by atoms with E-state index in [9.17, 15) is 14.4 Å². The molecule has 0 aromatic carbocycles. The summed E-state index contributed by atoms with van der Waals surface area (Å²) in [5.41, 5.74) is -2.04. The third kappa shape index (κ3) is 1.25. The number of hydrogen-bond acceptors (Lipinski definition) is 3. The molecular weight excluding hydrogens is 330 g/mol. The van der Waals surface area contributed by atoms with Gasteiger partial charge in [-0.25, -0.2) is 0 Å². The number of aromatic nitrogens is 3. The van der Waals surface area contributed by atoms with Crippen LogP contribution >= 0.6 is 0 Å². The van der Waals surface area contributed by atoms with Crippen LogP contribution in [-0.4, -0.2) is 38.4 Å². The van der Waals surface area contributed by atoms with Crippen molar-refractivity contribution >= 4 is 26.1 Å². The van der Waals surface area contributed by atoms with Crippen molar-refractivity contribution in [3.05, 3.63) is 31.5 Å². The topological polar surface area (TPSA) is 87.7 Å². The third-order valence-electron chi connectivity index (χ3n) is 0.879. The summed E-state index contributed by atoms with van der Waals surface area (Å²) in [6, 6.07) is 0. The molecule has 0 saturated heterocycles. The first kappa shape index (κ1) is 7.44. The van der Waals surface area contributed by atoms with Gasteiger partial charge in [-0.2, -0.15) is 0 Å². The Morgan fingerprint density at radius 2 is 1.50 bits per heavy atom. The molecule has 0 radical (unpaired) electrons. The van der Waals surface area contributed by atoms with Crippen LogP contribution in [0.25, 0.3) is 0 Å². The first-order chi connectivity index (χ1) is 4.61. The van der Waals surface area contributed by atoms with Crippen molar-refractivity contribution in [1.29, 1.82) is 0 Å². The molecule has 0 amide bonds. The van der Waals surface area contributed by atoms with Crippen molar-refractivity contribution < 1.29 is 0 Å². The second kappa shape index (κ2) is 2.52. The summed E-state index contributed by atoms with van der Waals surface area (Å²) < 4.78 is 0.932. The Kier molecular flexibility index (Phi) is 1.87. The van der Waals surface area contributed by atoms with Gasteiger partial charge in [0.1, 0.15) is 0 Å². The quantitative estimate of drug-likeness (QED) is 0.502. The van der Waals surface area contributed by atoms with Crippen LogP contribution in [-0.2, 0) is 0 Å². The van der Waals surface area contributed by atoms with Gasteiger partial charge in [-0.3, -0.25) is 0 Å². The van der Waals surface area contributed by atoms with E-state index in [4.69, 9.17) is 0 Å². The molecule has 0 bridgehead atoms. The number of nitrogens with one attached hydrogen (secondary N) is 2. The predicted molar refractivity (Wildman–Crippen MR) is 33.1 cm³/mol. The molecule has 2 N–H and O–H groups in total. The van der Waals surface area contributed by atoms with Gasteiger partial charge >= 0.3 is 69.9 Å². The molecule has 1 heterocycles. The Labute approximate surface area is 70.0 Å². The first-order valence-electron chi connectivity index (χ1n) is 2.32. The Balaban J connectivity index is 3.80. The number of nitrogens with zero attached hydrogens (tertiary/aromatic N) is 1. The van der Waals surface area contributed by atoms with Crippen LogP contribution < -0.4 is 17.1 Å². The minimum absolute atomic E-state index is 0.0677. The van der Waals surface area contributed by atoms with Crippen LogP contribution in [0.4, 0.5) is 0 Å². The van der Waals surface area contributed by atoms with E-state index in [0.717, 1.165) is 2.38 Å². The van der Waals surface area contributed by atoms with Crippen molar-refractivity contribution in [3.63, 3.8) is 0 Å². The molecule has 0 aliphatic rings. The molecule has 6 nitrogen and oxygen atoms in total. The third-order valence-corrected chi connectivity index (χ3v) is 2.70. The first-order valence-corrected chi connectivity index (χ1v) is 4.33. The van der Waals surface area contributed by atoms with E-state index >= 15 is 0 Å². The molecule has 0 saturated carbocycles. The summed E-state index contributed by atoms with van der Waals surface area (Å²) in [6.07, 6.45) is 0. The standard InChI is InChI=1S/C3H3N3O3.Tl/c7-1-4-2(8)6-3(9)5-1;/h(H3,4,5,6,7,8,9);/q;+1/p-1. The van der Waals surface area contributed by atoms with Gasteiger partial charge in [-0.15, -0.1) is 0 Å². The van der Waals surface area contributed by atoms with E-state index in [1.807, 2.05) is 9.97 Å². The Morgan fingerprint density at radius 3 is 1.90 bits per heavy atom. The van der Waals surface area contributed by atoms with Gasteiger partial charge < -0.3 is 0 Å². The average molecular weight is 332 g/mol. The fourth-order valence-corrected chi connectivity index (χ4v) is 0.940. The summed E-state index contributed by atoms with van der Waals surface area (Å²) >= 11 is 0.0677. The fourth-order valence-electron chi connectivity index (χ4n) is 0.438. The summed E-state index contributed by atoms with van der Waals surface area (Å²) in [4.78, 5) is 35.4. The number of aromatic amines is 2. The van der Waals surface area contributed by atoms with Crippen LogP contribution in [0.2, 0.25) is 0 Å². The van der Waals surface area contributed by atoms with Crippen molar-refractivity contribution in [1.82, 2.24) is 12.3 Å². The summed E-state index contributed by atoms with van der Waals surface area (Å²) in [5, 5.41) is 0. The predicted octanol–water partition coefficient (Wildman–Crippen LogP) is -2.84. The van der Waals surface area contributed by atoms with E-state index < -0.39 is 17.1 Å². The second-order valence-electron chi connectivity index (χ2n) is 1.56. The molecule has 0 unspecified atom stereocenters. The van der Waals surface area contributed by atoms with Crippen molar-refractivity contribution in [2.45, 2.75) is 0 Å². The molecular formula is C3H2N3O3Tl. The summed E-state index contributed by atoms with van der Waals surface area (Å²) in [5.74, 6) is 0. The molecule has 0 spiro atoms. The van der Waals surface area contributed by atoms with Crippen molar-refractivity contribution in [3.8, 4) is 0 Å². The average Bonchev–Trinajstić information content (AvgIpc) is 1.82. The molecule has 10 heavy (non-hydrogen) atoms. The SMILES string of the molecule is O=c1[nH]c(=O)[n]([Tl])c(=O)[nH]1. The van der Waals surface area contributed by atoms with Gasteiger partial charge in [0.15, 0.2) is 0 Å². The molecule has 50 valence electrons. The van der Waals surface area contributed by atoms with Gasteiger partial charge in [-0.05, 0) is 0 Å². The number of hydrogen-bond donors (Lipinski definition) is 2. The normalized spacial score (nSPS) is 9.50. The maximum absolute atomic E-state index is 10.6. The van der Waals surface area contributed by atoms with E-state index in [1.165, 1.54) is 0 Å². The van der Waals surface area contributed by atoms with Gasteiger partial charge in [0.25, 0.3) is 0 Å². The van der Waals surface area contributed by atoms with Crippen molar-refractivity contribution in [2.24, 2.45) is 0 Å². The van der Waals surface area contributed by atoms with Crippen LogP contribution in [0.15, 0.2) is 14.4 Å².